The number of nitrogens with one attached hydrogen (secondary N) is 1. The normalized spacial score (nSPS) is 17.4. The van der Waals surface area contributed by atoms with E-state index in [1.807, 2.05) is 59.5 Å². The van der Waals surface area contributed by atoms with Crippen molar-refractivity contribution in [3.63, 3.8) is 0 Å². The lowest BCUT2D eigenvalue weighted by Crippen LogP contribution is -2.44. The Hall–Kier alpha value is -2.49. The van der Waals surface area contributed by atoms with Crippen LogP contribution in [0.3, 0.4) is 0 Å². The maximum Gasteiger partial charge on any atom is 0.322 e. The number of nitrogens with zero attached hydrogens (tertiary/aromatic N) is 1. The summed E-state index contributed by atoms with van der Waals surface area (Å²) < 4.78 is 5.82. The molecule has 0 bridgehead atoms. The molecular weight excluding hydrogens is 300 g/mol. The van der Waals surface area contributed by atoms with E-state index < -0.39 is 0 Å². The largest absolute Gasteiger partial charge is 0.489 e. The number of ether oxygens (including phenoxy) is 1. The Labute approximate surface area is 143 Å². The second-order valence-electron chi connectivity index (χ2n) is 6.23. The van der Waals surface area contributed by atoms with Crippen LogP contribution < -0.4 is 10.1 Å². The molecule has 1 N–H and O–H groups in total. The molecule has 4 heteroatoms. The van der Waals surface area contributed by atoms with E-state index in [-0.39, 0.29) is 6.03 Å². The molecular formula is C20H24N2O2. The van der Waals surface area contributed by atoms with Crippen molar-refractivity contribution in [2.75, 3.05) is 11.9 Å². The molecule has 0 unspecified atom stereocenters. The van der Waals surface area contributed by atoms with Crippen molar-refractivity contribution < 1.29 is 9.53 Å². The Morgan fingerprint density at radius 3 is 2.67 bits per heavy atom. The lowest BCUT2D eigenvalue weighted by Gasteiger charge is -2.33. The minimum absolute atomic E-state index is 0.0191. The highest BCUT2D eigenvalue weighted by Gasteiger charge is 2.23. The predicted molar refractivity (Wildman–Crippen MR) is 96.3 cm³/mol. The topological polar surface area (TPSA) is 41.6 Å². The van der Waals surface area contributed by atoms with E-state index in [4.69, 9.17) is 4.74 Å². The molecule has 3 rings (SSSR count). The summed E-state index contributed by atoms with van der Waals surface area (Å²) in [6.07, 6.45) is 3.36. The summed E-state index contributed by atoms with van der Waals surface area (Å²) in [5.74, 6) is 0.822. The summed E-state index contributed by atoms with van der Waals surface area (Å²) in [6, 6.07) is 17.8. The van der Waals surface area contributed by atoms with Gasteiger partial charge in [0.15, 0.2) is 0 Å². The highest BCUT2D eigenvalue weighted by molar-refractivity contribution is 5.90. The number of carbonyl (C=O) groups is 1. The number of carbonyl (C=O) groups excluding carboxylic acids is 1. The van der Waals surface area contributed by atoms with Crippen LogP contribution in [-0.2, 0) is 6.61 Å². The summed E-state index contributed by atoms with van der Waals surface area (Å²) in [5, 5.41) is 3.05. The van der Waals surface area contributed by atoms with Gasteiger partial charge < -0.3 is 15.0 Å². The highest BCUT2D eigenvalue weighted by atomic mass is 16.5. The van der Waals surface area contributed by atoms with Gasteiger partial charge in [-0.1, -0.05) is 36.4 Å². The van der Waals surface area contributed by atoms with Gasteiger partial charge in [0, 0.05) is 23.8 Å². The molecule has 2 aromatic carbocycles. The molecule has 4 nitrogen and oxygen atoms in total. The fourth-order valence-electron chi connectivity index (χ4n) is 3.03. The molecule has 0 saturated carbocycles. The highest BCUT2D eigenvalue weighted by Crippen LogP contribution is 2.21. The van der Waals surface area contributed by atoms with E-state index >= 15 is 0 Å². The Balaban J connectivity index is 1.66. The first-order valence-corrected chi connectivity index (χ1v) is 8.57. The van der Waals surface area contributed by atoms with Gasteiger partial charge in [0.05, 0.1) is 0 Å². The van der Waals surface area contributed by atoms with Crippen LogP contribution in [0.25, 0.3) is 0 Å². The zero-order chi connectivity index (χ0) is 16.8. The number of anilines is 1. The van der Waals surface area contributed by atoms with Gasteiger partial charge in [-0.05, 0) is 44.4 Å². The van der Waals surface area contributed by atoms with Gasteiger partial charge >= 0.3 is 6.03 Å². The van der Waals surface area contributed by atoms with E-state index in [1.54, 1.807) is 0 Å². The molecule has 2 amide bonds. The molecule has 0 spiro atoms. The quantitative estimate of drug-likeness (QED) is 0.888. The fraction of sp³-hybridized carbons (Fsp3) is 0.350. The van der Waals surface area contributed by atoms with E-state index in [9.17, 15) is 4.79 Å². The summed E-state index contributed by atoms with van der Waals surface area (Å²) in [7, 11) is 0. The molecule has 126 valence electrons. The lowest BCUT2D eigenvalue weighted by atomic mass is 10.0. The average Bonchev–Trinajstić information content (AvgIpc) is 2.62. The number of rotatable bonds is 4. The van der Waals surface area contributed by atoms with E-state index in [0.717, 1.165) is 36.4 Å². The van der Waals surface area contributed by atoms with E-state index in [0.29, 0.717) is 12.6 Å². The molecule has 1 heterocycles. The van der Waals surface area contributed by atoms with Crippen LogP contribution in [0.4, 0.5) is 10.5 Å². The third-order valence-electron chi connectivity index (χ3n) is 4.46. The van der Waals surface area contributed by atoms with Crippen molar-refractivity contribution >= 4 is 11.7 Å². The number of amides is 2. The van der Waals surface area contributed by atoms with Gasteiger partial charge in [0.2, 0.25) is 0 Å². The summed E-state index contributed by atoms with van der Waals surface area (Å²) in [6.45, 7) is 3.37. The molecule has 0 aliphatic carbocycles. The van der Waals surface area contributed by atoms with Crippen LogP contribution in [0.15, 0.2) is 54.6 Å². The van der Waals surface area contributed by atoms with E-state index in [1.165, 1.54) is 6.42 Å². The SMILES string of the molecule is C[C@H]1CCCCN1C(=O)Nc1ccccc1COc1ccccc1. The van der Waals surface area contributed by atoms with Crippen LogP contribution in [-0.4, -0.2) is 23.5 Å². The monoisotopic (exact) mass is 324 g/mol. The average molecular weight is 324 g/mol. The molecule has 1 atom stereocenters. The predicted octanol–water partition coefficient (Wildman–Crippen LogP) is 4.67. The van der Waals surface area contributed by atoms with E-state index in [2.05, 4.69) is 12.2 Å². The standard InChI is InChI=1S/C20H24N2O2/c1-16-9-7-8-14-22(16)20(23)21-19-13-6-5-10-17(19)15-24-18-11-3-2-4-12-18/h2-6,10-13,16H,7-9,14-15H2,1H3,(H,21,23)/t16-/m0/s1. The van der Waals surface area contributed by atoms with Crippen LogP contribution in [0, 0.1) is 0 Å². The molecule has 2 aromatic rings. The Morgan fingerprint density at radius 1 is 1.12 bits per heavy atom. The number of para-hydroxylation sites is 2. The van der Waals surface area contributed by atoms with Crippen LogP contribution in [0.1, 0.15) is 31.7 Å². The minimum atomic E-state index is -0.0191. The van der Waals surface area contributed by atoms with Gasteiger partial charge in [-0.15, -0.1) is 0 Å². The van der Waals surface area contributed by atoms with Gasteiger partial charge in [-0.25, -0.2) is 4.79 Å². The summed E-state index contributed by atoms with van der Waals surface area (Å²) in [4.78, 5) is 14.5. The Morgan fingerprint density at radius 2 is 1.88 bits per heavy atom. The maximum atomic E-state index is 12.6. The van der Waals surface area contributed by atoms with Crippen molar-refractivity contribution in [1.29, 1.82) is 0 Å². The number of piperidine rings is 1. The Kier molecular flexibility index (Phi) is 5.36. The maximum absolute atomic E-state index is 12.6. The van der Waals surface area contributed by atoms with Crippen LogP contribution >= 0.6 is 0 Å². The number of hydrogen-bond acceptors (Lipinski definition) is 2. The van der Waals surface area contributed by atoms with Crippen molar-refractivity contribution in [3.05, 3.63) is 60.2 Å². The number of benzene rings is 2. The van der Waals surface area contributed by atoms with Gasteiger partial charge in [0.1, 0.15) is 12.4 Å². The number of hydrogen-bond donors (Lipinski definition) is 1. The van der Waals surface area contributed by atoms with Gasteiger partial charge in [-0.3, -0.25) is 0 Å². The zero-order valence-electron chi connectivity index (χ0n) is 14.1. The van der Waals surface area contributed by atoms with Crippen molar-refractivity contribution in [1.82, 2.24) is 4.90 Å². The second kappa shape index (κ2) is 7.86. The first-order valence-electron chi connectivity index (χ1n) is 8.57. The third-order valence-corrected chi connectivity index (χ3v) is 4.46. The molecule has 0 aromatic heterocycles. The molecule has 1 aliphatic heterocycles. The second-order valence-corrected chi connectivity index (χ2v) is 6.23. The minimum Gasteiger partial charge on any atom is -0.489 e. The molecule has 1 aliphatic rings. The van der Waals surface area contributed by atoms with Gasteiger partial charge in [0.25, 0.3) is 0 Å². The zero-order valence-corrected chi connectivity index (χ0v) is 14.1. The van der Waals surface area contributed by atoms with Crippen molar-refractivity contribution in [2.24, 2.45) is 0 Å². The molecule has 1 saturated heterocycles. The smallest absolute Gasteiger partial charge is 0.322 e. The third kappa shape index (κ3) is 4.07. The van der Waals surface area contributed by atoms with Crippen molar-refractivity contribution in [3.8, 4) is 5.75 Å². The fourth-order valence-corrected chi connectivity index (χ4v) is 3.03. The van der Waals surface area contributed by atoms with Gasteiger partial charge in [-0.2, -0.15) is 0 Å². The molecule has 0 radical (unpaired) electrons. The van der Waals surface area contributed by atoms with Crippen molar-refractivity contribution in [2.45, 2.75) is 38.8 Å². The first kappa shape index (κ1) is 16.4. The number of likely N-dealkylation sites (tertiary alicyclic amines) is 1. The van der Waals surface area contributed by atoms with Crippen LogP contribution in [0.5, 0.6) is 5.75 Å². The van der Waals surface area contributed by atoms with Crippen LogP contribution in [0.2, 0.25) is 0 Å². The number of urea groups is 1. The lowest BCUT2D eigenvalue weighted by molar-refractivity contribution is 0.170. The first-order chi connectivity index (χ1) is 11.7. The summed E-state index contributed by atoms with van der Waals surface area (Å²) in [5.41, 5.74) is 1.79. The summed E-state index contributed by atoms with van der Waals surface area (Å²) >= 11 is 0. The molecule has 24 heavy (non-hydrogen) atoms. The molecule has 1 fully saturated rings. The Bertz CT molecular complexity index is 672.